The predicted octanol–water partition coefficient (Wildman–Crippen LogP) is 3.38. The van der Waals surface area contributed by atoms with Gasteiger partial charge in [-0.05, 0) is 36.1 Å². The molecule has 2 rings (SSSR count). The second kappa shape index (κ2) is 5.39. The van der Waals surface area contributed by atoms with E-state index >= 15 is 0 Å². The highest BCUT2D eigenvalue weighted by Gasteiger charge is 1.95. The quantitative estimate of drug-likeness (QED) is 0.789. The Kier molecular flexibility index (Phi) is 3.63. The van der Waals surface area contributed by atoms with Gasteiger partial charge in [-0.3, -0.25) is 0 Å². The molecule has 0 aliphatic carbocycles. The Morgan fingerprint density at radius 1 is 1.25 bits per heavy atom. The van der Waals surface area contributed by atoms with Crippen molar-refractivity contribution in [1.29, 1.82) is 0 Å². The summed E-state index contributed by atoms with van der Waals surface area (Å²) in [5, 5.41) is 5.47. The zero-order valence-corrected chi connectivity index (χ0v) is 9.76. The Bertz CT molecular complexity index is 480. The number of nitrogens with one attached hydrogen (secondary N) is 1. The minimum absolute atomic E-state index is 0.918. The SMILES string of the molecule is C#Cc1cccc(NCCc2cccs2)c1. The van der Waals surface area contributed by atoms with E-state index in [0.717, 1.165) is 24.2 Å². The number of anilines is 1. The van der Waals surface area contributed by atoms with Crippen LogP contribution in [0.25, 0.3) is 0 Å². The van der Waals surface area contributed by atoms with Gasteiger partial charge in [0.1, 0.15) is 0 Å². The molecule has 1 aromatic carbocycles. The van der Waals surface area contributed by atoms with E-state index in [2.05, 4.69) is 28.8 Å². The van der Waals surface area contributed by atoms with Crippen LogP contribution < -0.4 is 5.32 Å². The lowest BCUT2D eigenvalue weighted by Crippen LogP contribution is -2.03. The van der Waals surface area contributed by atoms with E-state index in [-0.39, 0.29) is 0 Å². The monoisotopic (exact) mass is 227 g/mol. The molecule has 0 aliphatic heterocycles. The third-order valence-electron chi connectivity index (χ3n) is 2.31. The molecular formula is C14H13NS. The number of rotatable bonds is 4. The molecule has 1 aromatic heterocycles. The molecule has 80 valence electrons. The van der Waals surface area contributed by atoms with Gasteiger partial charge in [0, 0.05) is 22.7 Å². The molecule has 0 bridgehead atoms. The number of hydrogen-bond acceptors (Lipinski definition) is 2. The molecule has 0 unspecified atom stereocenters. The third kappa shape index (κ3) is 2.88. The molecular weight excluding hydrogens is 214 g/mol. The fourth-order valence-corrected chi connectivity index (χ4v) is 2.21. The Morgan fingerprint density at radius 3 is 2.94 bits per heavy atom. The first-order valence-electron chi connectivity index (χ1n) is 5.21. The lowest BCUT2D eigenvalue weighted by Gasteiger charge is -2.05. The molecule has 0 saturated heterocycles. The molecule has 2 aromatic rings. The van der Waals surface area contributed by atoms with Crippen molar-refractivity contribution in [2.24, 2.45) is 0 Å². The third-order valence-corrected chi connectivity index (χ3v) is 3.25. The summed E-state index contributed by atoms with van der Waals surface area (Å²) in [6, 6.07) is 12.2. The molecule has 1 nitrogen and oxygen atoms in total. The van der Waals surface area contributed by atoms with Crippen LogP contribution in [0.3, 0.4) is 0 Å². The fourth-order valence-electron chi connectivity index (χ4n) is 1.50. The van der Waals surface area contributed by atoms with Gasteiger partial charge in [0.15, 0.2) is 0 Å². The lowest BCUT2D eigenvalue weighted by atomic mass is 10.2. The Labute approximate surface area is 100 Å². The molecule has 0 atom stereocenters. The summed E-state index contributed by atoms with van der Waals surface area (Å²) in [5.74, 6) is 2.63. The summed E-state index contributed by atoms with van der Waals surface area (Å²) in [6.45, 7) is 0.939. The summed E-state index contributed by atoms with van der Waals surface area (Å²) in [7, 11) is 0. The van der Waals surface area contributed by atoms with E-state index in [1.54, 1.807) is 11.3 Å². The molecule has 0 radical (unpaired) electrons. The number of hydrogen-bond donors (Lipinski definition) is 1. The number of benzene rings is 1. The first-order chi connectivity index (χ1) is 7.88. The van der Waals surface area contributed by atoms with Gasteiger partial charge in [0.05, 0.1) is 0 Å². The first-order valence-corrected chi connectivity index (χ1v) is 6.09. The minimum atomic E-state index is 0.918. The predicted molar refractivity (Wildman–Crippen MR) is 70.9 cm³/mol. The molecule has 2 heteroatoms. The second-order valence-electron chi connectivity index (χ2n) is 3.48. The van der Waals surface area contributed by atoms with Gasteiger partial charge in [-0.25, -0.2) is 0 Å². The standard InChI is InChI=1S/C14H13NS/c1-2-12-5-3-6-13(11-12)15-9-8-14-7-4-10-16-14/h1,3-7,10-11,15H,8-9H2. The van der Waals surface area contributed by atoms with E-state index < -0.39 is 0 Å². The largest absolute Gasteiger partial charge is 0.385 e. The minimum Gasteiger partial charge on any atom is -0.385 e. The van der Waals surface area contributed by atoms with Crippen molar-refractivity contribution in [1.82, 2.24) is 0 Å². The van der Waals surface area contributed by atoms with Gasteiger partial charge in [-0.1, -0.05) is 18.1 Å². The van der Waals surface area contributed by atoms with Crippen LogP contribution >= 0.6 is 11.3 Å². The highest BCUT2D eigenvalue weighted by atomic mass is 32.1. The van der Waals surface area contributed by atoms with Crippen molar-refractivity contribution in [3.63, 3.8) is 0 Å². The molecule has 0 fully saturated rings. The van der Waals surface area contributed by atoms with Gasteiger partial charge < -0.3 is 5.32 Å². The molecule has 1 N–H and O–H groups in total. The molecule has 0 saturated carbocycles. The molecule has 16 heavy (non-hydrogen) atoms. The van der Waals surface area contributed by atoms with E-state index in [1.807, 2.05) is 24.3 Å². The maximum Gasteiger partial charge on any atom is 0.0352 e. The van der Waals surface area contributed by atoms with Crippen molar-refractivity contribution < 1.29 is 0 Å². The molecule has 0 amide bonds. The van der Waals surface area contributed by atoms with E-state index in [1.165, 1.54) is 4.88 Å². The molecule has 0 aliphatic rings. The fraction of sp³-hybridized carbons (Fsp3) is 0.143. The summed E-state index contributed by atoms with van der Waals surface area (Å²) >= 11 is 1.79. The van der Waals surface area contributed by atoms with Crippen LogP contribution in [0.5, 0.6) is 0 Å². The number of thiophene rings is 1. The summed E-state index contributed by atoms with van der Waals surface area (Å²) < 4.78 is 0. The smallest absolute Gasteiger partial charge is 0.0352 e. The average Bonchev–Trinajstić information content (AvgIpc) is 2.82. The Morgan fingerprint density at radius 2 is 2.19 bits per heavy atom. The molecule has 1 heterocycles. The van der Waals surface area contributed by atoms with Crippen molar-refractivity contribution in [2.75, 3.05) is 11.9 Å². The van der Waals surface area contributed by atoms with Gasteiger partial charge in [0.25, 0.3) is 0 Å². The van der Waals surface area contributed by atoms with Crippen LogP contribution in [0.4, 0.5) is 5.69 Å². The van der Waals surface area contributed by atoms with Crippen LogP contribution in [-0.4, -0.2) is 6.54 Å². The zero-order chi connectivity index (χ0) is 11.2. The second-order valence-corrected chi connectivity index (χ2v) is 4.51. The maximum absolute atomic E-state index is 5.35. The Hall–Kier alpha value is -1.72. The van der Waals surface area contributed by atoms with Crippen molar-refractivity contribution in [3.05, 3.63) is 52.2 Å². The van der Waals surface area contributed by atoms with Gasteiger partial charge in [-0.2, -0.15) is 0 Å². The highest BCUT2D eigenvalue weighted by molar-refractivity contribution is 7.09. The van der Waals surface area contributed by atoms with Gasteiger partial charge >= 0.3 is 0 Å². The van der Waals surface area contributed by atoms with Gasteiger partial charge in [-0.15, -0.1) is 17.8 Å². The normalized spacial score (nSPS) is 9.69. The van der Waals surface area contributed by atoms with Crippen LogP contribution in [0.15, 0.2) is 41.8 Å². The first kappa shape index (κ1) is 10.8. The van der Waals surface area contributed by atoms with E-state index in [0.29, 0.717) is 0 Å². The molecule has 0 spiro atoms. The summed E-state index contributed by atoms with van der Waals surface area (Å²) in [4.78, 5) is 1.40. The van der Waals surface area contributed by atoms with Crippen LogP contribution in [0.2, 0.25) is 0 Å². The topological polar surface area (TPSA) is 12.0 Å². The van der Waals surface area contributed by atoms with Crippen LogP contribution in [-0.2, 0) is 6.42 Å². The highest BCUT2D eigenvalue weighted by Crippen LogP contribution is 2.12. The lowest BCUT2D eigenvalue weighted by molar-refractivity contribution is 1.04. The maximum atomic E-state index is 5.35. The summed E-state index contributed by atoms with van der Waals surface area (Å²) in [6.07, 6.45) is 6.40. The Balaban J connectivity index is 1.88. The average molecular weight is 227 g/mol. The van der Waals surface area contributed by atoms with Crippen molar-refractivity contribution >= 4 is 17.0 Å². The zero-order valence-electron chi connectivity index (χ0n) is 8.94. The van der Waals surface area contributed by atoms with Gasteiger partial charge in [0.2, 0.25) is 0 Å². The van der Waals surface area contributed by atoms with Crippen molar-refractivity contribution in [3.8, 4) is 12.3 Å². The summed E-state index contributed by atoms with van der Waals surface area (Å²) in [5.41, 5.74) is 2.01. The number of terminal acetylenes is 1. The van der Waals surface area contributed by atoms with E-state index in [9.17, 15) is 0 Å². The van der Waals surface area contributed by atoms with Crippen molar-refractivity contribution in [2.45, 2.75) is 6.42 Å². The van der Waals surface area contributed by atoms with E-state index in [4.69, 9.17) is 6.42 Å². The van der Waals surface area contributed by atoms with Crippen LogP contribution in [0, 0.1) is 12.3 Å². The van der Waals surface area contributed by atoms with Crippen LogP contribution in [0.1, 0.15) is 10.4 Å².